The first-order chi connectivity index (χ1) is 4.25. The van der Waals surface area contributed by atoms with E-state index in [4.69, 9.17) is 0 Å². The van der Waals surface area contributed by atoms with Gasteiger partial charge in [-0.15, -0.1) is 0 Å². The SMILES string of the molecule is CN1C(=O)CC/C1=C\I. The molecule has 1 saturated heterocycles. The fourth-order valence-corrected chi connectivity index (χ4v) is 1.59. The van der Waals surface area contributed by atoms with E-state index in [1.807, 2.05) is 11.1 Å². The molecule has 0 radical (unpaired) electrons. The molecule has 0 N–H and O–H groups in total. The van der Waals surface area contributed by atoms with Crippen molar-refractivity contribution >= 4 is 28.5 Å². The van der Waals surface area contributed by atoms with Crippen LogP contribution in [0.15, 0.2) is 9.78 Å². The molecule has 2 nitrogen and oxygen atoms in total. The van der Waals surface area contributed by atoms with Crippen molar-refractivity contribution in [2.75, 3.05) is 7.05 Å². The maximum absolute atomic E-state index is 10.8. The van der Waals surface area contributed by atoms with E-state index in [9.17, 15) is 4.79 Å². The van der Waals surface area contributed by atoms with Crippen LogP contribution in [-0.2, 0) is 4.79 Å². The third-order valence-electron chi connectivity index (χ3n) is 1.53. The summed E-state index contributed by atoms with van der Waals surface area (Å²) in [6.07, 6.45) is 1.60. The van der Waals surface area contributed by atoms with Crippen molar-refractivity contribution in [1.82, 2.24) is 4.90 Å². The standard InChI is InChI=1S/C6H8INO/c1-8-5(4-7)2-3-6(8)9/h4H,2-3H2,1H3/b5-4+. The molecule has 0 aliphatic carbocycles. The number of likely N-dealkylation sites (tertiary alicyclic amines) is 1. The summed E-state index contributed by atoms with van der Waals surface area (Å²) in [6, 6.07) is 0. The molecule has 9 heavy (non-hydrogen) atoms. The Morgan fingerprint density at radius 3 is 2.56 bits per heavy atom. The summed E-state index contributed by atoms with van der Waals surface area (Å²) < 4.78 is 1.96. The molecular formula is C6H8INO. The molecule has 1 fully saturated rings. The first-order valence-corrected chi connectivity index (χ1v) is 4.06. The number of carbonyl (C=O) groups excluding carboxylic acids is 1. The molecule has 0 aromatic carbocycles. The van der Waals surface area contributed by atoms with E-state index in [1.165, 1.54) is 0 Å². The predicted molar refractivity (Wildman–Crippen MR) is 44.1 cm³/mol. The Morgan fingerprint density at radius 1 is 1.67 bits per heavy atom. The summed E-state index contributed by atoms with van der Waals surface area (Å²) in [5.74, 6) is 0.234. The molecule has 0 aromatic heterocycles. The number of carbonyl (C=O) groups is 1. The lowest BCUT2D eigenvalue weighted by atomic mass is 10.3. The molecule has 0 unspecified atom stereocenters. The number of hydrogen-bond donors (Lipinski definition) is 0. The molecule has 3 heteroatoms. The summed E-state index contributed by atoms with van der Waals surface area (Å²) in [7, 11) is 1.82. The van der Waals surface area contributed by atoms with Crippen molar-refractivity contribution in [2.24, 2.45) is 0 Å². The van der Waals surface area contributed by atoms with Crippen LogP contribution in [0.1, 0.15) is 12.8 Å². The molecule has 0 aromatic rings. The second-order valence-electron chi connectivity index (χ2n) is 2.05. The lowest BCUT2D eigenvalue weighted by molar-refractivity contribution is -0.125. The zero-order valence-corrected chi connectivity index (χ0v) is 7.38. The minimum Gasteiger partial charge on any atom is -0.319 e. The lowest BCUT2D eigenvalue weighted by Gasteiger charge is -2.07. The van der Waals surface area contributed by atoms with E-state index in [0.29, 0.717) is 6.42 Å². The van der Waals surface area contributed by atoms with Gasteiger partial charge in [-0.3, -0.25) is 4.79 Å². The van der Waals surface area contributed by atoms with E-state index in [2.05, 4.69) is 22.6 Å². The first-order valence-electron chi connectivity index (χ1n) is 2.81. The number of halogens is 1. The molecule has 0 bridgehead atoms. The minimum atomic E-state index is 0.234. The highest BCUT2D eigenvalue weighted by Crippen LogP contribution is 2.20. The van der Waals surface area contributed by atoms with Gasteiger partial charge in [-0.2, -0.15) is 0 Å². The quantitative estimate of drug-likeness (QED) is 0.585. The van der Waals surface area contributed by atoms with Gasteiger partial charge in [0.25, 0.3) is 0 Å². The van der Waals surface area contributed by atoms with Crippen LogP contribution < -0.4 is 0 Å². The summed E-state index contributed by atoms with van der Waals surface area (Å²) in [5, 5.41) is 0. The Balaban J connectivity index is 2.73. The summed E-state index contributed by atoms with van der Waals surface area (Å²) in [5.41, 5.74) is 1.14. The van der Waals surface area contributed by atoms with Crippen LogP contribution in [0.5, 0.6) is 0 Å². The average Bonchev–Trinajstić information content (AvgIpc) is 2.15. The van der Waals surface area contributed by atoms with E-state index in [-0.39, 0.29) is 5.91 Å². The highest BCUT2D eigenvalue weighted by Gasteiger charge is 2.20. The normalized spacial score (nSPS) is 24.0. The van der Waals surface area contributed by atoms with Crippen LogP contribution in [0.3, 0.4) is 0 Å². The van der Waals surface area contributed by atoms with Gasteiger partial charge >= 0.3 is 0 Å². The molecular weight excluding hydrogens is 229 g/mol. The van der Waals surface area contributed by atoms with Crippen molar-refractivity contribution in [3.05, 3.63) is 9.78 Å². The van der Waals surface area contributed by atoms with Crippen LogP contribution in [0, 0.1) is 0 Å². The molecule has 1 heterocycles. The number of rotatable bonds is 0. The first kappa shape index (κ1) is 7.05. The van der Waals surface area contributed by atoms with Crippen molar-refractivity contribution in [2.45, 2.75) is 12.8 Å². The van der Waals surface area contributed by atoms with E-state index < -0.39 is 0 Å². The summed E-state index contributed by atoms with van der Waals surface area (Å²) >= 11 is 2.16. The average molecular weight is 237 g/mol. The van der Waals surface area contributed by atoms with Crippen LogP contribution in [0.25, 0.3) is 0 Å². The number of nitrogens with zero attached hydrogens (tertiary/aromatic N) is 1. The lowest BCUT2D eigenvalue weighted by Crippen LogP contribution is -2.16. The van der Waals surface area contributed by atoms with Gasteiger partial charge < -0.3 is 4.90 Å². The Bertz CT molecular complexity index is 164. The van der Waals surface area contributed by atoms with Crippen LogP contribution in [0.4, 0.5) is 0 Å². The van der Waals surface area contributed by atoms with Gasteiger partial charge in [0.2, 0.25) is 5.91 Å². The van der Waals surface area contributed by atoms with E-state index in [0.717, 1.165) is 12.1 Å². The zero-order valence-electron chi connectivity index (χ0n) is 5.22. The highest BCUT2D eigenvalue weighted by atomic mass is 127. The molecule has 1 rings (SSSR count). The van der Waals surface area contributed by atoms with E-state index in [1.54, 1.807) is 4.90 Å². The minimum absolute atomic E-state index is 0.234. The van der Waals surface area contributed by atoms with Crippen LogP contribution in [-0.4, -0.2) is 17.9 Å². The van der Waals surface area contributed by atoms with E-state index >= 15 is 0 Å². The zero-order chi connectivity index (χ0) is 6.85. The maximum atomic E-state index is 10.8. The Hall–Kier alpha value is -0.0600. The fraction of sp³-hybridized carbons (Fsp3) is 0.500. The molecule has 0 saturated carbocycles. The van der Waals surface area contributed by atoms with Gasteiger partial charge in [-0.05, 0) is 10.5 Å². The molecule has 0 atom stereocenters. The van der Waals surface area contributed by atoms with Gasteiger partial charge in [0.05, 0.1) is 0 Å². The third kappa shape index (κ3) is 1.26. The number of allylic oxidation sites excluding steroid dienone is 1. The van der Waals surface area contributed by atoms with Crippen molar-refractivity contribution in [3.8, 4) is 0 Å². The maximum Gasteiger partial charge on any atom is 0.226 e. The Labute approximate surface area is 68.1 Å². The smallest absolute Gasteiger partial charge is 0.226 e. The van der Waals surface area contributed by atoms with Crippen molar-refractivity contribution in [3.63, 3.8) is 0 Å². The van der Waals surface area contributed by atoms with Crippen LogP contribution >= 0.6 is 22.6 Å². The van der Waals surface area contributed by atoms with Gasteiger partial charge in [0.15, 0.2) is 0 Å². The number of amides is 1. The summed E-state index contributed by atoms with van der Waals surface area (Å²) in [4.78, 5) is 12.5. The van der Waals surface area contributed by atoms with Gasteiger partial charge in [-0.25, -0.2) is 0 Å². The van der Waals surface area contributed by atoms with Crippen LogP contribution in [0.2, 0.25) is 0 Å². The molecule has 0 spiro atoms. The second kappa shape index (κ2) is 2.68. The second-order valence-corrected chi connectivity index (χ2v) is 2.68. The van der Waals surface area contributed by atoms with Gasteiger partial charge in [0.1, 0.15) is 0 Å². The molecule has 1 aliphatic rings. The molecule has 1 amide bonds. The largest absolute Gasteiger partial charge is 0.319 e. The van der Waals surface area contributed by atoms with Gasteiger partial charge in [0, 0.05) is 19.2 Å². The third-order valence-corrected chi connectivity index (χ3v) is 2.24. The molecule has 1 aliphatic heterocycles. The highest BCUT2D eigenvalue weighted by molar-refractivity contribution is 14.1. The fourth-order valence-electron chi connectivity index (χ4n) is 0.858. The topological polar surface area (TPSA) is 20.3 Å². The predicted octanol–water partition coefficient (Wildman–Crippen LogP) is 1.52. The Morgan fingerprint density at radius 2 is 2.33 bits per heavy atom. The molecule has 50 valence electrons. The van der Waals surface area contributed by atoms with Crippen molar-refractivity contribution in [1.29, 1.82) is 0 Å². The van der Waals surface area contributed by atoms with Crippen molar-refractivity contribution < 1.29 is 4.79 Å². The Kier molecular flexibility index (Phi) is 2.10. The number of hydrogen-bond acceptors (Lipinski definition) is 1. The summed E-state index contributed by atoms with van der Waals surface area (Å²) in [6.45, 7) is 0. The van der Waals surface area contributed by atoms with Gasteiger partial charge in [-0.1, -0.05) is 22.6 Å². The monoisotopic (exact) mass is 237 g/mol.